The van der Waals surface area contributed by atoms with Gasteiger partial charge in [-0.1, -0.05) is 17.7 Å². The van der Waals surface area contributed by atoms with E-state index in [-0.39, 0.29) is 0 Å². The molecule has 3 rings (SSSR count). The van der Waals surface area contributed by atoms with Crippen LogP contribution in [0.25, 0.3) is 0 Å². The van der Waals surface area contributed by atoms with E-state index in [1.807, 2.05) is 12.1 Å². The van der Waals surface area contributed by atoms with Crippen LogP contribution >= 0.6 is 11.6 Å². The molecule has 0 unspecified atom stereocenters. The van der Waals surface area contributed by atoms with Gasteiger partial charge in [-0.15, -0.1) is 0 Å². The molecule has 1 aliphatic heterocycles. The number of carbonyl (C=O) groups excluding carboxylic acids is 1. The summed E-state index contributed by atoms with van der Waals surface area (Å²) >= 11 is 6.44. The number of benzene rings is 1. The van der Waals surface area contributed by atoms with E-state index in [4.69, 9.17) is 21.1 Å². The van der Waals surface area contributed by atoms with Crippen molar-refractivity contribution in [3.8, 4) is 11.5 Å². The first-order chi connectivity index (χ1) is 9.27. The van der Waals surface area contributed by atoms with E-state index in [0.29, 0.717) is 29.7 Å². The monoisotopic (exact) mass is 279 g/mol. The van der Waals surface area contributed by atoms with Gasteiger partial charge in [-0.2, -0.15) is 4.99 Å². The summed E-state index contributed by atoms with van der Waals surface area (Å²) in [5, 5.41) is 0.512. The smallest absolute Gasteiger partial charge is 0.235 e. The van der Waals surface area contributed by atoms with Gasteiger partial charge in [0, 0.05) is 12.0 Å². The van der Waals surface area contributed by atoms with Gasteiger partial charge in [0.1, 0.15) is 0 Å². The third-order valence-corrected chi connectivity index (χ3v) is 4.17. The fourth-order valence-corrected chi connectivity index (χ4v) is 2.99. The highest BCUT2D eigenvalue weighted by atomic mass is 35.5. The van der Waals surface area contributed by atoms with E-state index in [1.165, 1.54) is 0 Å². The van der Waals surface area contributed by atoms with Gasteiger partial charge in [0.2, 0.25) is 6.08 Å². The van der Waals surface area contributed by atoms with Crippen molar-refractivity contribution in [2.75, 3.05) is 13.2 Å². The van der Waals surface area contributed by atoms with E-state index < -0.39 is 5.54 Å². The second kappa shape index (κ2) is 4.87. The lowest BCUT2D eigenvalue weighted by molar-refractivity contribution is 0.254. The maximum absolute atomic E-state index is 10.7. The van der Waals surface area contributed by atoms with Crippen LogP contribution in [0.4, 0.5) is 0 Å². The lowest BCUT2D eigenvalue weighted by atomic mass is 9.72. The first kappa shape index (κ1) is 12.5. The number of hydrogen-bond donors (Lipinski definition) is 0. The normalized spacial score (nSPS) is 19.8. The molecule has 1 saturated carbocycles. The quantitative estimate of drug-likeness (QED) is 0.617. The number of aliphatic imine (C=N–C) groups is 1. The van der Waals surface area contributed by atoms with Crippen molar-refractivity contribution in [2.24, 2.45) is 4.99 Å². The number of halogens is 1. The van der Waals surface area contributed by atoms with Crippen molar-refractivity contribution in [2.45, 2.75) is 31.2 Å². The highest BCUT2D eigenvalue weighted by Crippen LogP contribution is 2.51. The average molecular weight is 280 g/mol. The molecule has 0 bridgehead atoms. The maximum atomic E-state index is 10.7. The molecular formula is C14H14ClNO3. The lowest BCUT2D eigenvalue weighted by Crippen LogP contribution is -2.32. The van der Waals surface area contributed by atoms with Crippen LogP contribution in [0.15, 0.2) is 17.1 Å². The number of isocyanates is 1. The van der Waals surface area contributed by atoms with Crippen molar-refractivity contribution in [3.63, 3.8) is 0 Å². The third kappa shape index (κ3) is 2.01. The van der Waals surface area contributed by atoms with Crippen molar-refractivity contribution < 1.29 is 14.3 Å². The second-order valence-electron chi connectivity index (χ2n) is 4.89. The van der Waals surface area contributed by atoms with E-state index >= 15 is 0 Å². The standard InChI is InChI=1S/C14H14ClNO3/c15-12-10(14(16-9-17)5-1-6-14)3-4-11-13(12)19-8-2-7-18-11/h3-4H,1-2,5-8H2. The number of hydrogen-bond acceptors (Lipinski definition) is 4. The summed E-state index contributed by atoms with van der Waals surface area (Å²) in [7, 11) is 0. The van der Waals surface area contributed by atoms with Crippen LogP contribution < -0.4 is 9.47 Å². The number of nitrogens with zero attached hydrogens (tertiary/aromatic N) is 1. The lowest BCUT2D eigenvalue weighted by Gasteiger charge is -2.38. The Bertz CT molecular complexity index is 548. The van der Waals surface area contributed by atoms with Gasteiger partial charge in [0.15, 0.2) is 11.5 Å². The van der Waals surface area contributed by atoms with Crippen molar-refractivity contribution >= 4 is 17.7 Å². The summed E-state index contributed by atoms with van der Waals surface area (Å²) in [5.41, 5.74) is 0.330. The molecule has 4 nitrogen and oxygen atoms in total. The Kier molecular flexibility index (Phi) is 3.21. The molecule has 0 amide bonds. The van der Waals surface area contributed by atoms with E-state index in [0.717, 1.165) is 31.2 Å². The van der Waals surface area contributed by atoms with Gasteiger partial charge in [-0.05, 0) is 25.3 Å². The topological polar surface area (TPSA) is 47.9 Å². The third-order valence-electron chi connectivity index (χ3n) is 3.80. The summed E-state index contributed by atoms with van der Waals surface area (Å²) in [6.45, 7) is 1.21. The molecule has 0 atom stereocenters. The highest BCUT2D eigenvalue weighted by molar-refractivity contribution is 6.33. The second-order valence-corrected chi connectivity index (χ2v) is 5.27. The highest BCUT2D eigenvalue weighted by Gasteiger charge is 2.41. The van der Waals surface area contributed by atoms with Crippen LogP contribution in [0.5, 0.6) is 11.5 Å². The Labute approximate surface area is 116 Å². The molecule has 5 heteroatoms. The van der Waals surface area contributed by atoms with E-state index in [1.54, 1.807) is 6.08 Å². The first-order valence-corrected chi connectivity index (χ1v) is 6.82. The molecule has 0 aromatic heterocycles. The Balaban J connectivity index is 2.08. The summed E-state index contributed by atoms with van der Waals surface area (Å²) in [4.78, 5) is 14.6. The summed E-state index contributed by atoms with van der Waals surface area (Å²) in [5.74, 6) is 1.24. The molecule has 1 heterocycles. The van der Waals surface area contributed by atoms with Crippen molar-refractivity contribution in [3.05, 3.63) is 22.7 Å². The van der Waals surface area contributed by atoms with Crippen LogP contribution in [-0.2, 0) is 10.3 Å². The van der Waals surface area contributed by atoms with Crippen molar-refractivity contribution in [1.29, 1.82) is 0 Å². The van der Waals surface area contributed by atoms with Crippen LogP contribution in [0, 0.1) is 0 Å². The van der Waals surface area contributed by atoms with Gasteiger partial charge < -0.3 is 9.47 Å². The molecule has 2 aliphatic rings. The molecule has 1 aliphatic carbocycles. The number of ether oxygens (including phenoxy) is 2. The molecule has 0 spiro atoms. The average Bonchev–Trinajstić information content (AvgIpc) is 2.61. The number of rotatable bonds is 2. The maximum Gasteiger partial charge on any atom is 0.235 e. The summed E-state index contributed by atoms with van der Waals surface area (Å²) < 4.78 is 11.3. The van der Waals surface area contributed by atoms with E-state index in [2.05, 4.69) is 4.99 Å². The zero-order chi connectivity index (χ0) is 13.3. The minimum absolute atomic E-state index is 0.510. The Hall–Kier alpha value is -1.51. The first-order valence-electron chi connectivity index (χ1n) is 6.44. The van der Waals surface area contributed by atoms with Gasteiger partial charge >= 0.3 is 0 Å². The van der Waals surface area contributed by atoms with Crippen LogP contribution in [0.1, 0.15) is 31.2 Å². The fraction of sp³-hybridized carbons (Fsp3) is 0.500. The molecule has 100 valence electrons. The Morgan fingerprint density at radius 1 is 1.21 bits per heavy atom. The van der Waals surface area contributed by atoms with Gasteiger partial charge in [0.05, 0.1) is 23.8 Å². The SMILES string of the molecule is O=C=NC1(c2ccc3c(c2Cl)OCCCO3)CCC1. The van der Waals surface area contributed by atoms with Gasteiger partial charge in [-0.3, -0.25) is 0 Å². The molecule has 0 saturated heterocycles. The van der Waals surface area contributed by atoms with E-state index in [9.17, 15) is 4.79 Å². The Morgan fingerprint density at radius 3 is 2.68 bits per heavy atom. The predicted molar refractivity (Wildman–Crippen MR) is 70.7 cm³/mol. The molecule has 1 fully saturated rings. The van der Waals surface area contributed by atoms with Crippen molar-refractivity contribution in [1.82, 2.24) is 0 Å². The fourth-order valence-electron chi connectivity index (χ4n) is 2.60. The van der Waals surface area contributed by atoms with Crippen LogP contribution in [0.2, 0.25) is 5.02 Å². The molecule has 19 heavy (non-hydrogen) atoms. The molecule has 1 aromatic carbocycles. The molecular weight excluding hydrogens is 266 g/mol. The van der Waals surface area contributed by atoms with Crippen LogP contribution in [-0.4, -0.2) is 19.3 Å². The van der Waals surface area contributed by atoms with Gasteiger partial charge in [0.25, 0.3) is 0 Å². The zero-order valence-electron chi connectivity index (χ0n) is 10.4. The Morgan fingerprint density at radius 2 is 2.00 bits per heavy atom. The molecule has 0 N–H and O–H groups in total. The van der Waals surface area contributed by atoms with Gasteiger partial charge in [-0.25, -0.2) is 4.79 Å². The minimum Gasteiger partial charge on any atom is -0.490 e. The summed E-state index contributed by atoms with van der Waals surface area (Å²) in [6.07, 6.45) is 5.18. The molecule has 0 radical (unpaired) electrons. The van der Waals surface area contributed by atoms with Crippen LogP contribution in [0.3, 0.4) is 0 Å². The zero-order valence-corrected chi connectivity index (χ0v) is 11.2. The minimum atomic E-state index is -0.510. The largest absolute Gasteiger partial charge is 0.490 e. The number of fused-ring (bicyclic) bond motifs is 1. The molecule has 1 aromatic rings. The predicted octanol–water partition coefficient (Wildman–Crippen LogP) is 3.22. The summed E-state index contributed by atoms with van der Waals surface area (Å²) in [6, 6.07) is 3.73.